The predicted octanol–water partition coefficient (Wildman–Crippen LogP) is 3.87. The summed E-state index contributed by atoms with van der Waals surface area (Å²) in [5.41, 5.74) is 1.46. The normalized spacial score (nSPS) is 10.5. The third-order valence-corrected chi connectivity index (χ3v) is 4.26. The molecule has 6 nitrogen and oxygen atoms in total. The number of ether oxygens (including phenoxy) is 3. The average Bonchev–Trinajstić information content (AvgIpc) is 3.29. The minimum Gasteiger partial charge on any atom is -0.493 e. The van der Waals surface area contributed by atoms with Gasteiger partial charge in [0.15, 0.2) is 17.3 Å². The van der Waals surface area contributed by atoms with Crippen LogP contribution >= 0.6 is 11.3 Å². The fraction of sp³-hybridized carbons (Fsp3) is 0.176. The van der Waals surface area contributed by atoms with Gasteiger partial charge in [-0.3, -0.25) is 0 Å². The minimum absolute atomic E-state index is 0.140. The third kappa shape index (κ3) is 2.85. The molecule has 0 atom stereocenters. The molecule has 7 heteroatoms. The van der Waals surface area contributed by atoms with E-state index in [0.29, 0.717) is 23.0 Å². The molecule has 0 aliphatic carbocycles. The summed E-state index contributed by atoms with van der Waals surface area (Å²) >= 11 is 1.45. The number of carbonyl (C=O) groups is 1. The number of hydrogen-bond acceptors (Lipinski definition) is 7. The number of rotatable bonds is 5. The Balaban J connectivity index is 1.97. The quantitative estimate of drug-likeness (QED) is 0.654. The molecule has 0 aliphatic heterocycles. The van der Waals surface area contributed by atoms with Gasteiger partial charge < -0.3 is 18.6 Å². The largest absolute Gasteiger partial charge is 0.493 e. The number of thiazole rings is 1. The molecule has 0 saturated carbocycles. The third-order valence-electron chi connectivity index (χ3n) is 3.38. The highest BCUT2D eigenvalue weighted by molar-refractivity contribution is 7.13. The zero-order chi connectivity index (χ0) is 17.1. The van der Waals surface area contributed by atoms with Gasteiger partial charge in [0.1, 0.15) is 10.7 Å². The monoisotopic (exact) mass is 345 g/mol. The summed E-state index contributed by atoms with van der Waals surface area (Å²) in [5.74, 6) is 1.38. The van der Waals surface area contributed by atoms with Crippen molar-refractivity contribution in [2.75, 3.05) is 21.3 Å². The van der Waals surface area contributed by atoms with Crippen LogP contribution in [-0.4, -0.2) is 32.3 Å². The number of methoxy groups -OCH3 is 3. The molecular weight excluding hydrogens is 330 g/mol. The highest BCUT2D eigenvalue weighted by Gasteiger charge is 2.17. The highest BCUT2D eigenvalue weighted by Crippen LogP contribution is 2.40. The van der Waals surface area contributed by atoms with Gasteiger partial charge in [0.05, 0.1) is 26.9 Å². The minimum atomic E-state index is -0.522. The van der Waals surface area contributed by atoms with Gasteiger partial charge in [0.2, 0.25) is 5.76 Å². The molecule has 0 fully saturated rings. The van der Waals surface area contributed by atoms with Crippen LogP contribution in [0.5, 0.6) is 11.5 Å². The van der Waals surface area contributed by atoms with Crippen LogP contribution in [0.4, 0.5) is 0 Å². The van der Waals surface area contributed by atoms with Crippen LogP contribution in [0.25, 0.3) is 22.0 Å². The van der Waals surface area contributed by atoms with Gasteiger partial charge in [0.25, 0.3) is 0 Å². The Morgan fingerprint density at radius 1 is 1.12 bits per heavy atom. The lowest BCUT2D eigenvalue weighted by molar-refractivity contribution is 0.0566. The van der Waals surface area contributed by atoms with Crippen molar-refractivity contribution in [2.45, 2.75) is 0 Å². The molecule has 3 rings (SSSR count). The van der Waals surface area contributed by atoms with E-state index in [2.05, 4.69) is 9.72 Å². The number of benzene rings is 1. The first kappa shape index (κ1) is 16.1. The second-order valence-electron chi connectivity index (χ2n) is 4.73. The number of para-hydroxylation sites is 1. The Morgan fingerprint density at radius 2 is 1.96 bits per heavy atom. The van der Waals surface area contributed by atoms with Crippen molar-refractivity contribution < 1.29 is 23.4 Å². The molecule has 0 radical (unpaired) electrons. The van der Waals surface area contributed by atoms with Crippen molar-refractivity contribution >= 4 is 17.3 Å². The summed E-state index contributed by atoms with van der Waals surface area (Å²) in [6.45, 7) is 0. The lowest BCUT2D eigenvalue weighted by atomic mass is 10.2. The van der Waals surface area contributed by atoms with E-state index in [9.17, 15) is 4.79 Å². The van der Waals surface area contributed by atoms with Gasteiger partial charge in [-0.15, -0.1) is 11.3 Å². The molecule has 0 saturated heterocycles. The maximum Gasteiger partial charge on any atom is 0.373 e. The Bertz CT molecular complexity index is 868. The van der Waals surface area contributed by atoms with Crippen molar-refractivity contribution in [3.63, 3.8) is 0 Å². The smallest absolute Gasteiger partial charge is 0.373 e. The van der Waals surface area contributed by atoms with Crippen LogP contribution in [0.1, 0.15) is 10.6 Å². The first-order valence-electron chi connectivity index (χ1n) is 7.03. The number of carbonyl (C=O) groups excluding carboxylic acids is 1. The summed E-state index contributed by atoms with van der Waals surface area (Å²) in [4.78, 5) is 16.0. The summed E-state index contributed by atoms with van der Waals surface area (Å²) in [6, 6.07) is 8.86. The molecule has 0 amide bonds. The van der Waals surface area contributed by atoms with Crippen LogP contribution < -0.4 is 9.47 Å². The standard InChI is InChI=1S/C17H15NO5S/c1-20-13-6-4-5-10(15(13)21-2)16-18-11(9-24-16)12-7-8-14(23-12)17(19)22-3/h4-9H,1-3H3. The average molecular weight is 345 g/mol. The Labute approximate surface area is 142 Å². The topological polar surface area (TPSA) is 70.8 Å². The fourth-order valence-electron chi connectivity index (χ4n) is 2.25. The van der Waals surface area contributed by atoms with E-state index in [-0.39, 0.29) is 5.76 Å². The van der Waals surface area contributed by atoms with Crippen LogP contribution in [0.2, 0.25) is 0 Å². The van der Waals surface area contributed by atoms with Crippen LogP contribution in [-0.2, 0) is 4.74 Å². The van der Waals surface area contributed by atoms with Gasteiger partial charge in [-0.1, -0.05) is 6.07 Å². The Hall–Kier alpha value is -2.80. The van der Waals surface area contributed by atoms with Crippen LogP contribution in [0, 0.1) is 0 Å². The molecule has 24 heavy (non-hydrogen) atoms. The van der Waals surface area contributed by atoms with Crippen molar-refractivity contribution in [3.8, 4) is 33.5 Å². The van der Waals surface area contributed by atoms with Crippen molar-refractivity contribution in [3.05, 3.63) is 41.5 Å². The number of nitrogens with zero attached hydrogens (tertiary/aromatic N) is 1. The van der Waals surface area contributed by atoms with E-state index in [1.54, 1.807) is 26.4 Å². The van der Waals surface area contributed by atoms with E-state index in [1.807, 2.05) is 23.6 Å². The molecule has 2 aromatic heterocycles. The zero-order valence-corrected chi connectivity index (χ0v) is 14.2. The summed E-state index contributed by atoms with van der Waals surface area (Å²) in [7, 11) is 4.48. The molecule has 0 N–H and O–H groups in total. The van der Waals surface area contributed by atoms with E-state index in [4.69, 9.17) is 13.9 Å². The second-order valence-corrected chi connectivity index (χ2v) is 5.59. The van der Waals surface area contributed by atoms with Crippen molar-refractivity contribution in [1.82, 2.24) is 4.98 Å². The van der Waals surface area contributed by atoms with Gasteiger partial charge in [0, 0.05) is 5.38 Å². The maximum absolute atomic E-state index is 11.5. The van der Waals surface area contributed by atoms with Crippen molar-refractivity contribution in [1.29, 1.82) is 0 Å². The molecule has 124 valence electrons. The molecule has 0 unspecified atom stereocenters. The molecule has 0 spiro atoms. The predicted molar refractivity (Wildman–Crippen MR) is 89.7 cm³/mol. The molecule has 0 aliphatic rings. The SMILES string of the molecule is COC(=O)c1ccc(-c2csc(-c3cccc(OC)c3OC)n2)o1. The van der Waals surface area contributed by atoms with Gasteiger partial charge in [-0.25, -0.2) is 9.78 Å². The van der Waals surface area contributed by atoms with E-state index < -0.39 is 5.97 Å². The molecule has 0 bridgehead atoms. The van der Waals surface area contributed by atoms with Crippen molar-refractivity contribution in [2.24, 2.45) is 0 Å². The molecule has 3 aromatic rings. The Kier molecular flexibility index (Phi) is 4.52. The van der Waals surface area contributed by atoms with Crippen LogP contribution in [0.3, 0.4) is 0 Å². The number of hydrogen-bond donors (Lipinski definition) is 0. The maximum atomic E-state index is 11.5. The molecule has 2 heterocycles. The van der Waals surface area contributed by atoms with Gasteiger partial charge in [-0.2, -0.15) is 0 Å². The van der Waals surface area contributed by atoms with E-state index in [0.717, 1.165) is 10.6 Å². The first-order valence-corrected chi connectivity index (χ1v) is 7.91. The van der Waals surface area contributed by atoms with Gasteiger partial charge in [-0.05, 0) is 24.3 Å². The number of esters is 1. The zero-order valence-electron chi connectivity index (χ0n) is 13.4. The highest BCUT2D eigenvalue weighted by atomic mass is 32.1. The van der Waals surface area contributed by atoms with E-state index in [1.165, 1.54) is 18.4 Å². The second kappa shape index (κ2) is 6.76. The fourth-order valence-corrected chi connectivity index (χ4v) is 3.08. The summed E-state index contributed by atoms with van der Waals surface area (Å²) in [5, 5.41) is 2.62. The lowest BCUT2D eigenvalue weighted by Gasteiger charge is -2.10. The number of aromatic nitrogens is 1. The Morgan fingerprint density at radius 3 is 2.67 bits per heavy atom. The first-order chi connectivity index (χ1) is 11.7. The summed E-state index contributed by atoms with van der Waals surface area (Å²) < 4.78 is 20.9. The lowest BCUT2D eigenvalue weighted by Crippen LogP contribution is -1.98. The number of furan rings is 1. The van der Waals surface area contributed by atoms with Crippen LogP contribution in [0.15, 0.2) is 40.1 Å². The molecular formula is C17H15NO5S. The molecule has 1 aromatic carbocycles. The van der Waals surface area contributed by atoms with Gasteiger partial charge >= 0.3 is 5.97 Å². The summed E-state index contributed by atoms with van der Waals surface area (Å²) in [6.07, 6.45) is 0. The van der Waals surface area contributed by atoms with E-state index >= 15 is 0 Å².